The van der Waals surface area contributed by atoms with Gasteiger partial charge in [-0.1, -0.05) is 23.9 Å². The van der Waals surface area contributed by atoms with Gasteiger partial charge in [-0.2, -0.15) is 0 Å². The van der Waals surface area contributed by atoms with Crippen LogP contribution in [0.25, 0.3) is 0 Å². The summed E-state index contributed by atoms with van der Waals surface area (Å²) in [5, 5.41) is 0.578. The zero-order chi connectivity index (χ0) is 14.1. The number of nitrogens with zero attached hydrogens (tertiary/aromatic N) is 1. The molecule has 1 heterocycles. The maximum absolute atomic E-state index is 12.2. The van der Waals surface area contributed by atoms with Gasteiger partial charge in [-0.3, -0.25) is 4.79 Å². The van der Waals surface area contributed by atoms with Gasteiger partial charge in [0.25, 0.3) is 5.22 Å². The smallest absolute Gasteiger partial charge is 0.256 e. The van der Waals surface area contributed by atoms with Crippen molar-refractivity contribution in [2.75, 3.05) is 5.75 Å². The van der Waals surface area contributed by atoms with E-state index in [1.165, 1.54) is 29.3 Å². The van der Waals surface area contributed by atoms with Crippen LogP contribution in [0.3, 0.4) is 0 Å². The highest BCUT2D eigenvalue weighted by atomic mass is 32.2. The lowest BCUT2D eigenvalue weighted by Crippen LogP contribution is -2.03. The Hall–Kier alpha value is -1.55. The second-order valence-corrected chi connectivity index (χ2v) is 6.10. The number of ketones is 1. The van der Waals surface area contributed by atoms with E-state index in [-0.39, 0.29) is 5.78 Å². The lowest BCUT2D eigenvalue weighted by molar-refractivity contribution is 0.102. The van der Waals surface area contributed by atoms with E-state index in [2.05, 4.69) is 17.1 Å². The number of hydrogen-bond acceptors (Lipinski definition) is 4. The highest BCUT2D eigenvalue weighted by molar-refractivity contribution is 7.99. The highest BCUT2D eigenvalue weighted by Gasteiger charge is 2.15. The lowest BCUT2D eigenvalue weighted by atomic mass is 10.0. The van der Waals surface area contributed by atoms with E-state index in [0.29, 0.717) is 11.0 Å². The van der Waals surface area contributed by atoms with Crippen molar-refractivity contribution in [1.82, 2.24) is 4.98 Å². The largest absolute Gasteiger partial charge is 0.437 e. The Bertz CT molecular complexity index is 641. The van der Waals surface area contributed by atoms with Gasteiger partial charge in [0.15, 0.2) is 5.78 Å². The maximum Gasteiger partial charge on any atom is 0.256 e. The molecule has 0 unspecified atom stereocenters. The molecule has 0 radical (unpaired) electrons. The molecule has 0 aliphatic heterocycles. The van der Waals surface area contributed by atoms with Gasteiger partial charge < -0.3 is 4.42 Å². The van der Waals surface area contributed by atoms with Gasteiger partial charge in [0.05, 0.1) is 11.4 Å². The van der Waals surface area contributed by atoms with Crippen LogP contribution in [-0.2, 0) is 12.8 Å². The summed E-state index contributed by atoms with van der Waals surface area (Å²) in [6, 6.07) is 6.09. The molecular weight excluding hydrogens is 270 g/mol. The van der Waals surface area contributed by atoms with Crippen molar-refractivity contribution in [2.24, 2.45) is 0 Å². The van der Waals surface area contributed by atoms with Crippen LogP contribution in [0.4, 0.5) is 0 Å². The number of rotatable bonds is 4. The zero-order valence-electron chi connectivity index (χ0n) is 11.7. The van der Waals surface area contributed by atoms with Crippen molar-refractivity contribution in [3.63, 3.8) is 0 Å². The van der Waals surface area contributed by atoms with Crippen molar-refractivity contribution >= 4 is 17.5 Å². The average molecular weight is 287 g/mol. The predicted molar refractivity (Wildman–Crippen MR) is 79.5 cm³/mol. The number of oxazole rings is 1. The van der Waals surface area contributed by atoms with Gasteiger partial charge in [-0.05, 0) is 50.3 Å². The summed E-state index contributed by atoms with van der Waals surface area (Å²) < 4.78 is 5.47. The Balaban J connectivity index is 1.67. The molecule has 0 saturated heterocycles. The molecule has 4 heteroatoms. The number of Topliss-reactive ketones (excluding diaryl/α,β-unsaturated/α-hetero) is 1. The second-order valence-electron chi connectivity index (χ2n) is 5.17. The number of benzene rings is 1. The Kier molecular flexibility index (Phi) is 3.66. The molecule has 3 nitrogen and oxygen atoms in total. The van der Waals surface area contributed by atoms with Crippen molar-refractivity contribution in [2.45, 2.75) is 38.3 Å². The van der Waals surface area contributed by atoms with Gasteiger partial charge in [0.2, 0.25) is 0 Å². The third kappa shape index (κ3) is 2.66. The first-order valence-corrected chi connectivity index (χ1v) is 7.84. The molecule has 0 fully saturated rings. The Morgan fingerprint density at radius 2 is 2.10 bits per heavy atom. The van der Waals surface area contributed by atoms with E-state index in [1.54, 1.807) is 0 Å². The summed E-state index contributed by atoms with van der Waals surface area (Å²) in [5.74, 6) is 1.33. The molecule has 104 valence electrons. The molecular formula is C16H17NO2S. The van der Waals surface area contributed by atoms with E-state index in [4.69, 9.17) is 4.42 Å². The summed E-state index contributed by atoms with van der Waals surface area (Å²) in [4.78, 5) is 16.5. The van der Waals surface area contributed by atoms with Crippen molar-refractivity contribution < 1.29 is 9.21 Å². The third-order valence-electron chi connectivity index (χ3n) is 3.76. The molecule has 1 aliphatic rings. The van der Waals surface area contributed by atoms with Gasteiger partial charge in [0, 0.05) is 5.56 Å². The maximum atomic E-state index is 12.2. The highest BCUT2D eigenvalue weighted by Crippen LogP contribution is 2.25. The number of hydrogen-bond donors (Lipinski definition) is 0. The molecule has 2 aromatic rings. The van der Waals surface area contributed by atoms with Crippen LogP contribution < -0.4 is 0 Å². The SMILES string of the molecule is Cc1nc(SCC(=O)c2ccc3c(c2)CCC3)oc1C. The molecule has 1 aromatic carbocycles. The zero-order valence-corrected chi connectivity index (χ0v) is 12.5. The molecule has 0 saturated carbocycles. The summed E-state index contributed by atoms with van der Waals surface area (Å²) in [7, 11) is 0. The predicted octanol–water partition coefficient (Wildman–Crippen LogP) is 3.76. The van der Waals surface area contributed by atoms with Crippen molar-refractivity contribution in [3.8, 4) is 0 Å². The summed E-state index contributed by atoms with van der Waals surface area (Å²) in [6.07, 6.45) is 3.45. The van der Waals surface area contributed by atoms with Gasteiger partial charge in [0.1, 0.15) is 5.76 Å². The van der Waals surface area contributed by atoms with Crippen LogP contribution in [-0.4, -0.2) is 16.5 Å². The van der Waals surface area contributed by atoms with Gasteiger partial charge in [-0.25, -0.2) is 4.98 Å². The lowest BCUT2D eigenvalue weighted by Gasteiger charge is -2.03. The van der Waals surface area contributed by atoms with Crippen molar-refractivity contribution in [1.29, 1.82) is 0 Å². The topological polar surface area (TPSA) is 43.1 Å². The van der Waals surface area contributed by atoms with Crippen molar-refractivity contribution in [3.05, 3.63) is 46.3 Å². The molecule has 0 spiro atoms. The minimum absolute atomic E-state index is 0.137. The first-order chi connectivity index (χ1) is 9.63. The van der Waals surface area contributed by atoms with Crippen LogP contribution in [0.15, 0.2) is 27.8 Å². The fraction of sp³-hybridized carbons (Fsp3) is 0.375. The second kappa shape index (κ2) is 5.44. The molecule has 20 heavy (non-hydrogen) atoms. The van der Waals surface area contributed by atoms with E-state index in [0.717, 1.165) is 29.9 Å². The average Bonchev–Trinajstić information content (AvgIpc) is 3.02. The molecule has 0 atom stereocenters. The molecule has 0 N–H and O–H groups in total. The fourth-order valence-electron chi connectivity index (χ4n) is 2.46. The quantitative estimate of drug-likeness (QED) is 0.634. The van der Waals surface area contributed by atoms with Crippen LogP contribution in [0, 0.1) is 13.8 Å². The first kappa shape index (κ1) is 13.4. The Morgan fingerprint density at radius 1 is 1.30 bits per heavy atom. The van der Waals surface area contributed by atoms with E-state index >= 15 is 0 Å². The Morgan fingerprint density at radius 3 is 2.85 bits per heavy atom. The Labute approximate surface area is 122 Å². The monoisotopic (exact) mass is 287 g/mol. The number of aromatic nitrogens is 1. The number of carbonyl (C=O) groups is 1. The number of thioether (sulfide) groups is 1. The number of aryl methyl sites for hydroxylation is 4. The molecule has 0 bridgehead atoms. The van der Waals surface area contributed by atoms with E-state index in [1.807, 2.05) is 19.9 Å². The molecule has 1 aromatic heterocycles. The normalized spacial score (nSPS) is 13.5. The first-order valence-electron chi connectivity index (χ1n) is 6.85. The van der Waals surface area contributed by atoms with E-state index in [9.17, 15) is 4.79 Å². The van der Waals surface area contributed by atoms with Crippen LogP contribution in [0.2, 0.25) is 0 Å². The van der Waals surface area contributed by atoms with Crippen LogP contribution in [0.1, 0.15) is 39.4 Å². The van der Waals surface area contributed by atoms with Gasteiger partial charge in [-0.15, -0.1) is 0 Å². The standard InChI is InChI=1S/C16H17NO2S/c1-10-11(2)19-16(17-10)20-9-15(18)14-7-6-12-4-3-5-13(12)8-14/h6-8H,3-5,9H2,1-2H3. The van der Waals surface area contributed by atoms with Gasteiger partial charge >= 0.3 is 0 Å². The third-order valence-corrected chi connectivity index (χ3v) is 4.58. The minimum Gasteiger partial charge on any atom is -0.437 e. The summed E-state index contributed by atoms with van der Waals surface area (Å²) in [6.45, 7) is 3.79. The molecule has 0 amide bonds. The number of carbonyl (C=O) groups excluding carboxylic acids is 1. The summed E-state index contributed by atoms with van der Waals surface area (Å²) >= 11 is 1.36. The van der Waals surface area contributed by atoms with Crippen LogP contribution in [0.5, 0.6) is 0 Å². The molecule has 1 aliphatic carbocycles. The molecule has 3 rings (SSSR count). The number of fused-ring (bicyclic) bond motifs is 1. The minimum atomic E-state index is 0.137. The van der Waals surface area contributed by atoms with Crippen LogP contribution >= 0.6 is 11.8 Å². The fourth-order valence-corrected chi connectivity index (χ4v) is 3.27. The summed E-state index contributed by atoms with van der Waals surface area (Å²) in [5.41, 5.74) is 4.42. The van der Waals surface area contributed by atoms with E-state index < -0.39 is 0 Å².